The highest BCUT2D eigenvalue weighted by Gasteiger charge is 2.16. The normalized spacial score (nSPS) is 10.5. The Hall–Kier alpha value is -2.25. The van der Waals surface area contributed by atoms with E-state index in [1.807, 2.05) is 29.8 Å². The number of rotatable bonds is 5. The van der Waals surface area contributed by atoms with Crippen LogP contribution in [-0.4, -0.2) is 23.0 Å². The number of hydrogen-bond acceptors (Lipinski definition) is 6. The van der Waals surface area contributed by atoms with Crippen LogP contribution in [-0.2, 0) is 6.54 Å². The molecule has 0 aromatic carbocycles. The Balaban J connectivity index is 1.68. The Labute approximate surface area is 142 Å². The van der Waals surface area contributed by atoms with Crippen molar-refractivity contribution in [2.45, 2.75) is 13.5 Å². The Bertz CT molecular complexity index is 795. The molecule has 7 heteroatoms. The van der Waals surface area contributed by atoms with Gasteiger partial charge in [0.25, 0.3) is 5.91 Å². The molecule has 118 valence electrons. The quantitative estimate of drug-likeness (QED) is 0.768. The number of thiazole rings is 1. The average Bonchev–Trinajstić information content (AvgIpc) is 3.22. The number of thiophene rings is 1. The highest BCUT2D eigenvalue weighted by Crippen LogP contribution is 2.29. The number of carbonyl (C=O) groups excluding carboxylic acids is 1. The van der Waals surface area contributed by atoms with E-state index in [0.717, 1.165) is 21.8 Å². The van der Waals surface area contributed by atoms with Crippen LogP contribution in [0, 0.1) is 6.92 Å². The van der Waals surface area contributed by atoms with Crippen molar-refractivity contribution < 1.29 is 9.53 Å². The molecule has 1 amide bonds. The molecule has 3 rings (SSSR count). The number of pyridine rings is 1. The molecule has 3 aromatic rings. The van der Waals surface area contributed by atoms with E-state index in [4.69, 9.17) is 4.74 Å². The summed E-state index contributed by atoms with van der Waals surface area (Å²) < 4.78 is 5.01. The third-order valence-electron chi connectivity index (χ3n) is 3.23. The van der Waals surface area contributed by atoms with Gasteiger partial charge in [-0.25, -0.2) is 9.97 Å². The van der Waals surface area contributed by atoms with Crippen molar-refractivity contribution in [3.63, 3.8) is 0 Å². The van der Waals surface area contributed by atoms with Crippen LogP contribution >= 0.6 is 22.7 Å². The molecule has 0 saturated carbocycles. The summed E-state index contributed by atoms with van der Waals surface area (Å²) in [6, 6.07) is 5.66. The van der Waals surface area contributed by atoms with Crippen molar-refractivity contribution in [1.29, 1.82) is 0 Å². The molecule has 0 aliphatic carbocycles. The third kappa shape index (κ3) is 3.57. The van der Waals surface area contributed by atoms with E-state index in [9.17, 15) is 4.79 Å². The molecule has 0 bridgehead atoms. The largest absolute Gasteiger partial charge is 0.481 e. The van der Waals surface area contributed by atoms with Crippen molar-refractivity contribution in [1.82, 2.24) is 15.3 Å². The fraction of sp³-hybridized carbons (Fsp3) is 0.188. The highest BCUT2D eigenvalue weighted by atomic mass is 32.1. The van der Waals surface area contributed by atoms with E-state index in [2.05, 4.69) is 15.3 Å². The van der Waals surface area contributed by atoms with Crippen LogP contribution < -0.4 is 10.1 Å². The molecule has 0 aliphatic rings. The molecule has 0 aliphatic heterocycles. The zero-order chi connectivity index (χ0) is 16.2. The molecule has 5 nitrogen and oxygen atoms in total. The topological polar surface area (TPSA) is 64.1 Å². The number of carbonyl (C=O) groups is 1. The summed E-state index contributed by atoms with van der Waals surface area (Å²) in [5.74, 6) is 0.441. The van der Waals surface area contributed by atoms with Gasteiger partial charge in [-0.15, -0.1) is 11.3 Å². The molecule has 0 unspecified atom stereocenters. The summed E-state index contributed by atoms with van der Waals surface area (Å²) in [7, 11) is 1.57. The Morgan fingerprint density at radius 1 is 1.35 bits per heavy atom. The van der Waals surface area contributed by atoms with Crippen LogP contribution in [0.3, 0.4) is 0 Å². The smallest absolute Gasteiger partial charge is 0.263 e. The fourth-order valence-electron chi connectivity index (χ4n) is 2.02. The molecule has 0 spiro atoms. The minimum atomic E-state index is -0.114. The van der Waals surface area contributed by atoms with Crippen molar-refractivity contribution in [2.75, 3.05) is 7.11 Å². The van der Waals surface area contributed by atoms with E-state index in [-0.39, 0.29) is 5.91 Å². The predicted octanol–water partition coefficient (Wildman–Crippen LogP) is 3.51. The van der Waals surface area contributed by atoms with Gasteiger partial charge in [0, 0.05) is 29.8 Å². The standard InChI is InChI=1S/C16H15N3O2S2/c1-10-14(23-16(19-10)12-5-6-22-9-12)15(20)18-8-11-3-4-13(21-2)17-7-11/h3-7,9H,8H2,1-2H3,(H,18,20). The maximum absolute atomic E-state index is 12.4. The lowest BCUT2D eigenvalue weighted by atomic mass is 10.3. The van der Waals surface area contributed by atoms with E-state index in [1.54, 1.807) is 30.7 Å². The van der Waals surface area contributed by atoms with Crippen LogP contribution in [0.25, 0.3) is 10.6 Å². The zero-order valence-electron chi connectivity index (χ0n) is 12.7. The van der Waals surface area contributed by atoms with Gasteiger partial charge in [0.1, 0.15) is 9.88 Å². The SMILES string of the molecule is COc1ccc(CNC(=O)c2sc(-c3ccsc3)nc2C)cn1. The summed E-state index contributed by atoms with van der Waals surface area (Å²) in [6.45, 7) is 2.27. The van der Waals surface area contributed by atoms with E-state index in [0.29, 0.717) is 17.3 Å². The number of nitrogens with one attached hydrogen (secondary N) is 1. The maximum atomic E-state index is 12.4. The number of hydrogen-bond donors (Lipinski definition) is 1. The molecule has 0 saturated heterocycles. The number of nitrogens with zero attached hydrogens (tertiary/aromatic N) is 2. The molecule has 0 radical (unpaired) electrons. The second-order valence-electron chi connectivity index (χ2n) is 4.84. The number of aromatic nitrogens is 2. The van der Waals surface area contributed by atoms with Gasteiger partial charge in [-0.1, -0.05) is 6.07 Å². The van der Waals surface area contributed by atoms with Crippen molar-refractivity contribution in [2.24, 2.45) is 0 Å². The molecule has 1 N–H and O–H groups in total. The zero-order valence-corrected chi connectivity index (χ0v) is 14.3. The number of amides is 1. The predicted molar refractivity (Wildman–Crippen MR) is 92.1 cm³/mol. The molecule has 23 heavy (non-hydrogen) atoms. The summed E-state index contributed by atoms with van der Waals surface area (Å²) in [5.41, 5.74) is 2.72. The summed E-state index contributed by atoms with van der Waals surface area (Å²) in [4.78, 5) is 21.6. The summed E-state index contributed by atoms with van der Waals surface area (Å²) in [5, 5.41) is 7.81. The van der Waals surface area contributed by atoms with E-state index < -0.39 is 0 Å². The maximum Gasteiger partial charge on any atom is 0.263 e. The van der Waals surface area contributed by atoms with Gasteiger partial charge in [-0.3, -0.25) is 4.79 Å². The van der Waals surface area contributed by atoms with Gasteiger partial charge < -0.3 is 10.1 Å². The monoisotopic (exact) mass is 345 g/mol. The Morgan fingerprint density at radius 3 is 2.87 bits per heavy atom. The van der Waals surface area contributed by atoms with Crippen molar-refractivity contribution >= 4 is 28.6 Å². The van der Waals surface area contributed by atoms with Gasteiger partial charge in [0.15, 0.2) is 0 Å². The molecule has 3 aromatic heterocycles. The first-order chi connectivity index (χ1) is 11.2. The minimum Gasteiger partial charge on any atom is -0.481 e. The summed E-state index contributed by atoms with van der Waals surface area (Å²) >= 11 is 3.03. The van der Waals surface area contributed by atoms with Crippen molar-refractivity contribution in [3.05, 3.63) is 51.3 Å². The fourth-order valence-corrected chi connectivity index (χ4v) is 3.71. The third-order valence-corrected chi connectivity index (χ3v) is 5.12. The second-order valence-corrected chi connectivity index (χ2v) is 6.62. The molecular weight excluding hydrogens is 330 g/mol. The lowest BCUT2D eigenvalue weighted by Gasteiger charge is -2.05. The van der Waals surface area contributed by atoms with Crippen molar-refractivity contribution in [3.8, 4) is 16.5 Å². The average molecular weight is 345 g/mol. The van der Waals surface area contributed by atoms with Gasteiger partial charge >= 0.3 is 0 Å². The van der Waals surface area contributed by atoms with E-state index in [1.165, 1.54) is 11.3 Å². The Kier molecular flexibility index (Phi) is 4.68. The van der Waals surface area contributed by atoms with Gasteiger partial charge in [-0.05, 0) is 23.9 Å². The first-order valence-electron chi connectivity index (χ1n) is 6.94. The number of ether oxygens (including phenoxy) is 1. The van der Waals surface area contributed by atoms with Crippen LogP contribution in [0.2, 0.25) is 0 Å². The van der Waals surface area contributed by atoms with Gasteiger partial charge in [-0.2, -0.15) is 11.3 Å². The first kappa shape index (κ1) is 15.6. The number of aryl methyl sites for hydroxylation is 1. The summed E-state index contributed by atoms with van der Waals surface area (Å²) in [6.07, 6.45) is 1.69. The van der Waals surface area contributed by atoms with E-state index >= 15 is 0 Å². The molecule has 3 heterocycles. The first-order valence-corrected chi connectivity index (χ1v) is 8.70. The second kappa shape index (κ2) is 6.89. The Morgan fingerprint density at radius 2 is 2.22 bits per heavy atom. The minimum absolute atomic E-state index is 0.114. The van der Waals surface area contributed by atoms with Crippen LogP contribution in [0.15, 0.2) is 35.2 Å². The van der Waals surface area contributed by atoms with Gasteiger partial charge in [0.05, 0.1) is 12.8 Å². The van der Waals surface area contributed by atoms with Crippen LogP contribution in [0.4, 0.5) is 0 Å². The lowest BCUT2D eigenvalue weighted by Crippen LogP contribution is -2.22. The van der Waals surface area contributed by atoms with Crippen LogP contribution in [0.5, 0.6) is 5.88 Å². The highest BCUT2D eigenvalue weighted by molar-refractivity contribution is 7.17. The molecule has 0 atom stereocenters. The molecular formula is C16H15N3O2S2. The number of methoxy groups -OCH3 is 1. The lowest BCUT2D eigenvalue weighted by molar-refractivity contribution is 0.0954. The van der Waals surface area contributed by atoms with Gasteiger partial charge in [0.2, 0.25) is 5.88 Å². The molecule has 0 fully saturated rings. The van der Waals surface area contributed by atoms with Crippen LogP contribution in [0.1, 0.15) is 20.9 Å².